The Balaban J connectivity index is 2.02. The molecular weight excluding hydrogens is 252 g/mol. The van der Waals surface area contributed by atoms with E-state index in [9.17, 15) is 4.79 Å². The van der Waals surface area contributed by atoms with Gasteiger partial charge in [-0.25, -0.2) is 0 Å². The summed E-state index contributed by atoms with van der Waals surface area (Å²) in [6.45, 7) is 9.36. The molecule has 2 heterocycles. The van der Waals surface area contributed by atoms with Crippen LogP contribution in [0.15, 0.2) is 18.2 Å². The molecule has 1 aromatic rings. The standard InChI is InChI=1S/C16H24N2O2/c1-12-7-5-8-13(17-12)11-18-10-6-9-14(18)15(19)20-16(2,3)4/h5,7-8,14H,6,9-11H2,1-4H3/t14-/m1/s1. The molecule has 20 heavy (non-hydrogen) atoms. The molecule has 0 N–H and O–H groups in total. The molecule has 2 rings (SSSR count). The van der Waals surface area contributed by atoms with E-state index < -0.39 is 5.60 Å². The number of esters is 1. The number of aryl methyl sites for hydroxylation is 1. The Morgan fingerprint density at radius 2 is 2.20 bits per heavy atom. The number of likely N-dealkylation sites (tertiary alicyclic amines) is 1. The first-order valence-electron chi connectivity index (χ1n) is 7.24. The zero-order valence-electron chi connectivity index (χ0n) is 12.8. The highest BCUT2D eigenvalue weighted by Gasteiger charge is 2.34. The van der Waals surface area contributed by atoms with Gasteiger partial charge in [0.05, 0.1) is 5.69 Å². The Labute approximate surface area is 121 Å². The molecule has 0 amide bonds. The van der Waals surface area contributed by atoms with E-state index in [4.69, 9.17) is 4.74 Å². The van der Waals surface area contributed by atoms with Crippen molar-refractivity contribution >= 4 is 5.97 Å². The van der Waals surface area contributed by atoms with Crippen molar-refractivity contribution in [2.45, 2.75) is 58.7 Å². The third kappa shape index (κ3) is 4.04. The Kier molecular flexibility index (Phi) is 4.43. The lowest BCUT2D eigenvalue weighted by atomic mass is 10.1. The lowest BCUT2D eigenvalue weighted by molar-refractivity contribution is -0.160. The lowest BCUT2D eigenvalue weighted by Gasteiger charge is -2.27. The summed E-state index contributed by atoms with van der Waals surface area (Å²) in [6.07, 6.45) is 1.91. The summed E-state index contributed by atoms with van der Waals surface area (Å²) in [6, 6.07) is 5.88. The number of hydrogen-bond donors (Lipinski definition) is 0. The van der Waals surface area contributed by atoms with Crippen molar-refractivity contribution in [3.8, 4) is 0 Å². The van der Waals surface area contributed by atoms with Crippen LogP contribution in [0.3, 0.4) is 0 Å². The Hall–Kier alpha value is -1.42. The van der Waals surface area contributed by atoms with Gasteiger partial charge in [0.2, 0.25) is 0 Å². The highest BCUT2D eigenvalue weighted by molar-refractivity contribution is 5.76. The largest absolute Gasteiger partial charge is 0.459 e. The van der Waals surface area contributed by atoms with Gasteiger partial charge in [0, 0.05) is 12.2 Å². The van der Waals surface area contributed by atoms with Crippen molar-refractivity contribution in [3.63, 3.8) is 0 Å². The smallest absolute Gasteiger partial charge is 0.323 e. The Morgan fingerprint density at radius 1 is 1.45 bits per heavy atom. The van der Waals surface area contributed by atoms with E-state index in [1.54, 1.807) is 0 Å². The van der Waals surface area contributed by atoms with Gasteiger partial charge < -0.3 is 4.74 Å². The second-order valence-corrected chi connectivity index (χ2v) is 6.43. The van der Waals surface area contributed by atoms with E-state index in [0.29, 0.717) is 6.54 Å². The third-order valence-electron chi connectivity index (χ3n) is 3.35. The normalized spacial score (nSPS) is 20.1. The SMILES string of the molecule is Cc1cccc(CN2CCC[C@@H]2C(=O)OC(C)(C)C)n1. The van der Waals surface area contributed by atoms with Gasteiger partial charge in [0.15, 0.2) is 0 Å². The van der Waals surface area contributed by atoms with E-state index >= 15 is 0 Å². The van der Waals surface area contributed by atoms with Crippen LogP contribution in [0.1, 0.15) is 45.0 Å². The topological polar surface area (TPSA) is 42.4 Å². The highest BCUT2D eigenvalue weighted by Crippen LogP contribution is 2.22. The fourth-order valence-corrected chi connectivity index (χ4v) is 2.55. The predicted molar refractivity (Wildman–Crippen MR) is 78.3 cm³/mol. The van der Waals surface area contributed by atoms with Crippen LogP contribution in [0.25, 0.3) is 0 Å². The average Bonchev–Trinajstić information content (AvgIpc) is 2.75. The predicted octanol–water partition coefficient (Wildman–Crippen LogP) is 2.70. The second-order valence-electron chi connectivity index (χ2n) is 6.43. The first-order valence-corrected chi connectivity index (χ1v) is 7.24. The molecule has 0 aromatic carbocycles. The molecule has 0 spiro atoms. The Bertz CT molecular complexity index is 480. The number of hydrogen-bond acceptors (Lipinski definition) is 4. The van der Waals surface area contributed by atoms with Crippen molar-refractivity contribution in [1.82, 2.24) is 9.88 Å². The maximum Gasteiger partial charge on any atom is 0.323 e. The molecule has 4 heteroatoms. The third-order valence-corrected chi connectivity index (χ3v) is 3.35. The fourth-order valence-electron chi connectivity index (χ4n) is 2.55. The average molecular weight is 276 g/mol. The summed E-state index contributed by atoms with van der Waals surface area (Å²) < 4.78 is 5.51. The molecule has 1 aliphatic heterocycles. The monoisotopic (exact) mass is 276 g/mol. The summed E-state index contributed by atoms with van der Waals surface area (Å²) in [5.74, 6) is -0.109. The van der Waals surface area contributed by atoms with Gasteiger partial charge in [-0.3, -0.25) is 14.7 Å². The van der Waals surface area contributed by atoms with Crippen LogP contribution >= 0.6 is 0 Å². The molecule has 0 saturated carbocycles. The first kappa shape index (κ1) is 15.0. The van der Waals surface area contributed by atoms with Gasteiger partial charge in [-0.2, -0.15) is 0 Å². The van der Waals surface area contributed by atoms with E-state index in [0.717, 1.165) is 30.8 Å². The van der Waals surface area contributed by atoms with Crippen LogP contribution in [0.2, 0.25) is 0 Å². The molecule has 110 valence electrons. The van der Waals surface area contributed by atoms with E-state index in [1.165, 1.54) is 0 Å². The highest BCUT2D eigenvalue weighted by atomic mass is 16.6. The Morgan fingerprint density at radius 3 is 2.85 bits per heavy atom. The molecular formula is C16H24N2O2. The minimum Gasteiger partial charge on any atom is -0.459 e. The number of carbonyl (C=O) groups excluding carboxylic acids is 1. The number of rotatable bonds is 3. The minimum atomic E-state index is -0.424. The molecule has 1 aromatic heterocycles. The molecule has 1 saturated heterocycles. The minimum absolute atomic E-state index is 0.109. The number of aromatic nitrogens is 1. The maximum absolute atomic E-state index is 12.2. The van der Waals surface area contributed by atoms with Gasteiger partial charge in [0.1, 0.15) is 11.6 Å². The van der Waals surface area contributed by atoms with Crippen LogP contribution in [0.5, 0.6) is 0 Å². The fraction of sp³-hybridized carbons (Fsp3) is 0.625. The van der Waals surface area contributed by atoms with E-state index in [1.807, 2.05) is 45.9 Å². The van der Waals surface area contributed by atoms with E-state index in [2.05, 4.69) is 9.88 Å². The number of ether oxygens (including phenoxy) is 1. The van der Waals surface area contributed by atoms with Crippen molar-refractivity contribution in [3.05, 3.63) is 29.6 Å². The van der Waals surface area contributed by atoms with Crippen LogP contribution < -0.4 is 0 Å². The van der Waals surface area contributed by atoms with Crippen LogP contribution in [-0.4, -0.2) is 34.0 Å². The van der Waals surface area contributed by atoms with E-state index in [-0.39, 0.29) is 12.0 Å². The van der Waals surface area contributed by atoms with Crippen LogP contribution in [0.4, 0.5) is 0 Å². The molecule has 0 aliphatic carbocycles. The second kappa shape index (κ2) is 5.92. The zero-order chi connectivity index (χ0) is 14.8. The van der Waals surface area contributed by atoms with Crippen LogP contribution in [-0.2, 0) is 16.1 Å². The van der Waals surface area contributed by atoms with Crippen molar-refractivity contribution in [1.29, 1.82) is 0 Å². The molecule has 4 nitrogen and oxygen atoms in total. The number of nitrogens with zero attached hydrogens (tertiary/aromatic N) is 2. The lowest BCUT2D eigenvalue weighted by Crippen LogP contribution is -2.40. The van der Waals surface area contributed by atoms with Crippen molar-refractivity contribution in [2.24, 2.45) is 0 Å². The molecule has 1 fully saturated rings. The summed E-state index contributed by atoms with van der Waals surface area (Å²) in [5.41, 5.74) is 1.60. The summed E-state index contributed by atoms with van der Waals surface area (Å²) in [5, 5.41) is 0. The molecule has 0 bridgehead atoms. The number of carbonyl (C=O) groups is 1. The molecule has 1 atom stereocenters. The summed E-state index contributed by atoms with van der Waals surface area (Å²) >= 11 is 0. The number of pyridine rings is 1. The first-order chi connectivity index (χ1) is 9.35. The molecule has 1 aliphatic rings. The van der Waals surface area contributed by atoms with Gasteiger partial charge in [-0.15, -0.1) is 0 Å². The van der Waals surface area contributed by atoms with Gasteiger partial charge >= 0.3 is 5.97 Å². The quantitative estimate of drug-likeness (QED) is 0.796. The zero-order valence-corrected chi connectivity index (χ0v) is 12.8. The van der Waals surface area contributed by atoms with Crippen molar-refractivity contribution < 1.29 is 9.53 Å². The van der Waals surface area contributed by atoms with Gasteiger partial charge in [-0.1, -0.05) is 6.07 Å². The summed E-state index contributed by atoms with van der Waals surface area (Å²) in [7, 11) is 0. The summed E-state index contributed by atoms with van der Waals surface area (Å²) in [4.78, 5) is 18.9. The van der Waals surface area contributed by atoms with Crippen molar-refractivity contribution in [2.75, 3.05) is 6.54 Å². The molecule has 0 radical (unpaired) electrons. The van der Waals surface area contributed by atoms with Gasteiger partial charge in [-0.05, 0) is 59.2 Å². The van der Waals surface area contributed by atoms with Crippen LogP contribution in [0, 0.1) is 6.92 Å². The molecule has 0 unspecified atom stereocenters. The maximum atomic E-state index is 12.2. The van der Waals surface area contributed by atoms with Gasteiger partial charge in [0.25, 0.3) is 0 Å².